The fraction of sp³-hybridized carbons (Fsp3) is 0.250. The molecule has 0 aliphatic rings. The van der Waals surface area contributed by atoms with Gasteiger partial charge in [-0.05, 0) is 17.7 Å². The van der Waals surface area contributed by atoms with Crippen molar-refractivity contribution < 1.29 is 9.21 Å². The number of carbonyl (C=O) groups excluding carboxylic acids is 1. The van der Waals surface area contributed by atoms with Gasteiger partial charge >= 0.3 is 0 Å². The minimum atomic E-state index is -0.325. The molecule has 0 saturated carbocycles. The molecule has 0 unspecified atom stereocenters. The first-order chi connectivity index (χ1) is 6.25. The smallest absolute Gasteiger partial charge is 0.256 e. The summed E-state index contributed by atoms with van der Waals surface area (Å²) in [7, 11) is 0. The summed E-state index contributed by atoms with van der Waals surface area (Å²) in [6.07, 6.45) is 1.61. The van der Waals surface area contributed by atoms with Crippen LogP contribution in [0.4, 0.5) is 0 Å². The van der Waals surface area contributed by atoms with E-state index in [1.807, 2.05) is 6.07 Å². The molecule has 1 aromatic rings. The molecule has 13 heavy (non-hydrogen) atoms. The van der Waals surface area contributed by atoms with E-state index in [2.05, 4.69) is 5.32 Å². The Kier molecular flexibility index (Phi) is 3.35. The van der Waals surface area contributed by atoms with Gasteiger partial charge in [0.2, 0.25) is 5.22 Å². The van der Waals surface area contributed by atoms with E-state index >= 15 is 0 Å². The molecule has 68 valence electrons. The van der Waals surface area contributed by atoms with Crippen LogP contribution in [0.15, 0.2) is 16.7 Å². The minimum absolute atomic E-state index is 0.0643. The minimum Gasteiger partial charge on any atom is -0.452 e. The van der Waals surface area contributed by atoms with Crippen molar-refractivity contribution >= 4 is 17.5 Å². The first-order valence-electron chi connectivity index (χ1n) is 3.64. The van der Waals surface area contributed by atoms with Gasteiger partial charge < -0.3 is 9.73 Å². The Labute approximate surface area is 80.1 Å². The number of nitriles is 1. The Morgan fingerprint density at radius 3 is 3.08 bits per heavy atom. The van der Waals surface area contributed by atoms with E-state index in [9.17, 15) is 4.79 Å². The molecule has 0 fully saturated rings. The van der Waals surface area contributed by atoms with E-state index < -0.39 is 0 Å². The van der Waals surface area contributed by atoms with Gasteiger partial charge in [-0.1, -0.05) is 0 Å². The topological polar surface area (TPSA) is 66.0 Å². The van der Waals surface area contributed by atoms with Gasteiger partial charge in [0, 0.05) is 6.54 Å². The second-order valence-electron chi connectivity index (χ2n) is 2.27. The molecule has 0 aliphatic carbocycles. The molecule has 0 spiro atoms. The van der Waals surface area contributed by atoms with Gasteiger partial charge in [-0.15, -0.1) is 0 Å². The number of amides is 1. The lowest BCUT2D eigenvalue weighted by Gasteiger charge is -1.98. The van der Waals surface area contributed by atoms with Crippen molar-refractivity contribution in [2.45, 2.75) is 6.42 Å². The predicted molar refractivity (Wildman–Crippen MR) is 46.3 cm³/mol. The molecule has 4 nitrogen and oxygen atoms in total. The second-order valence-corrected chi connectivity index (χ2v) is 2.62. The standard InChI is InChI=1S/C8H7ClN2O2/c9-7-6(2-5-13-7)8(12)11-4-1-3-10/h2,5H,1,4H2,(H,11,12). The van der Waals surface area contributed by atoms with Gasteiger partial charge in [-0.25, -0.2) is 0 Å². The van der Waals surface area contributed by atoms with Crippen LogP contribution in [0.1, 0.15) is 16.8 Å². The van der Waals surface area contributed by atoms with Crippen molar-refractivity contribution in [2.24, 2.45) is 0 Å². The van der Waals surface area contributed by atoms with E-state index in [4.69, 9.17) is 21.3 Å². The van der Waals surface area contributed by atoms with Crippen LogP contribution in [0.2, 0.25) is 5.22 Å². The fourth-order valence-corrected chi connectivity index (χ4v) is 0.983. The summed E-state index contributed by atoms with van der Waals surface area (Å²) < 4.78 is 4.73. The van der Waals surface area contributed by atoms with Crippen molar-refractivity contribution in [3.05, 3.63) is 23.1 Å². The third-order valence-corrected chi connectivity index (χ3v) is 1.68. The number of rotatable bonds is 3. The molecule has 5 heteroatoms. The third kappa shape index (κ3) is 2.49. The van der Waals surface area contributed by atoms with Crippen molar-refractivity contribution in [3.8, 4) is 6.07 Å². The summed E-state index contributed by atoms with van der Waals surface area (Å²) in [5, 5.41) is 10.8. The summed E-state index contributed by atoms with van der Waals surface area (Å²) in [5.74, 6) is -0.325. The molecule has 1 amide bonds. The lowest BCUT2D eigenvalue weighted by Crippen LogP contribution is -2.23. The van der Waals surface area contributed by atoms with Crippen LogP contribution in [-0.2, 0) is 0 Å². The molecule has 1 aromatic heterocycles. The van der Waals surface area contributed by atoms with Crippen LogP contribution in [0.25, 0.3) is 0 Å². The lowest BCUT2D eigenvalue weighted by atomic mass is 10.3. The Balaban J connectivity index is 2.50. The number of hydrogen-bond acceptors (Lipinski definition) is 3. The number of carbonyl (C=O) groups is 1. The molecular formula is C8H7ClN2O2. The molecule has 0 atom stereocenters. The number of nitrogens with one attached hydrogen (secondary N) is 1. The lowest BCUT2D eigenvalue weighted by molar-refractivity contribution is 0.0954. The normalized spacial score (nSPS) is 9.23. The molecule has 1 heterocycles. The maximum Gasteiger partial charge on any atom is 0.256 e. The Hall–Kier alpha value is -1.47. The predicted octanol–water partition coefficient (Wildman–Crippen LogP) is 1.58. The summed E-state index contributed by atoms with van der Waals surface area (Å²) in [4.78, 5) is 11.2. The fourth-order valence-electron chi connectivity index (χ4n) is 0.783. The van der Waals surface area contributed by atoms with Crippen LogP contribution >= 0.6 is 11.6 Å². The van der Waals surface area contributed by atoms with Gasteiger partial charge in [-0.3, -0.25) is 4.79 Å². The monoisotopic (exact) mass is 198 g/mol. The summed E-state index contributed by atoms with van der Waals surface area (Å²) >= 11 is 5.55. The second kappa shape index (κ2) is 4.53. The zero-order valence-corrected chi connectivity index (χ0v) is 7.47. The molecule has 1 rings (SSSR count). The highest BCUT2D eigenvalue weighted by molar-refractivity contribution is 6.32. The van der Waals surface area contributed by atoms with Crippen LogP contribution in [0.3, 0.4) is 0 Å². The number of nitrogens with zero attached hydrogens (tertiary/aromatic N) is 1. The van der Waals surface area contributed by atoms with Crippen LogP contribution < -0.4 is 5.32 Å². The average molecular weight is 199 g/mol. The zero-order valence-electron chi connectivity index (χ0n) is 6.71. The largest absolute Gasteiger partial charge is 0.452 e. The summed E-state index contributed by atoms with van der Waals surface area (Å²) in [6, 6.07) is 3.39. The van der Waals surface area contributed by atoms with Crippen LogP contribution in [-0.4, -0.2) is 12.5 Å². The maximum atomic E-state index is 11.2. The van der Waals surface area contributed by atoms with Gasteiger partial charge in [0.15, 0.2) is 0 Å². The molecule has 0 aliphatic heterocycles. The number of furan rings is 1. The molecule has 0 aromatic carbocycles. The Bertz CT molecular complexity index is 340. The van der Waals surface area contributed by atoms with E-state index in [1.165, 1.54) is 12.3 Å². The highest BCUT2D eigenvalue weighted by Crippen LogP contribution is 2.15. The molecule has 0 bridgehead atoms. The van der Waals surface area contributed by atoms with E-state index in [0.29, 0.717) is 12.1 Å². The van der Waals surface area contributed by atoms with Crippen molar-refractivity contribution in [2.75, 3.05) is 6.54 Å². The van der Waals surface area contributed by atoms with Gasteiger partial charge in [-0.2, -0.15) is 5.26 Å². The quantitative estimate of drug-likeness (QED) is 0.750. The zero-order chi connectivity index (χ0) is 9.68. The first-order valence-corrected chi connectivity index (χ1v) is 4.01. The molecule has 1 N–H and O–H groups in total. The number of hydrogen-bond donors (Lipinski definition) is 1. The van der Waals surface area contributed by atoms with E-state index in [-0.39, 0.29) is 17.5 Å². The van der Waals surface area contributed by atoms with E-state index in [0.717, 1.165) is 0 Å². The van der Waals surface area contributed by atoms with Crippen molar-refractivity contribution in [1.29, 1.82) is 5.26 Å². The SMILES string of the molecule is N#CCCNC(=O)c1ccoc1Cl. The molecule has 0 saturated heterocycles. The highest BCUT2D eigenvalue weighted by atomic mass is 35.5. The molecule has 0 radical (unpaired) electrons. The van der Waals surface area contributed by atoms with E-state index in [1.54, 1.807) is 0 Å². The Morgan fingerprint density at radius 2 is 2.54 bits per heavy atom. The Morgan fingerprint density at radius 1 is 1.77 bits per heavy atom. The van der Waals surface area contributed by atoms with Crippen molar-refractivity contribution in [1.82, 2.24) is 5.32 Å². The first kappa shape index (κ1) is 9.62. The van der Waals surface area contributed by atoms with Crippen LogP contribution in [0.5, 0.6) is 0 Å². The maximum absolute atomic E-state index is 11.2. The summed E-state index contributed by atoms with van der Waals surface area (Å²) in [6.45, 7) is 0.316. The van der Waals surface area contributed by atoms with Crippen molar-refractivity contribution in [3.63, 3.8) is 0 Å². The van der Waals surface area contributed by atoms with Crippen LogP contribution in [0, 0.1) is 11.3 Å². The summed E-state index contributed by atoms with van der Waals surface area (Å²) in [5.41, 5.74) is 0.291. The highest BCUT2D eigenvalue weighted by Gasteiger charge is 2.11. The van der Waals surface area contributed by atoms with Gasteiger partial charge in [0.05, 0.1) is 24.3 Å². The third-order valence-electron chi connectivity index (χ3n) is 1.38. The van der Waals surface area contributed by atoms with Gasteiger partial charge in [0.1, 0.15) is 0 Å². The average Bonchev–Trinajstić information content (AvgIpc) is 2.52. The number of halogens is 1. The molecular weight excluding hydrogens is 192 g/mol. The van der Waals surface area contributed by atoms with Gasteiger partial charge in [0.25, 0.3) is 5.91 Å².